The van der Waals surface area contributed by atoms with Crippen LogP contribution in [0.25, 0.3) is 42.7 Å². The molecule has 3 aromatic heterocycles. The van der Waals surface area contributed by atoms with Crippen LogP contribution in [0.5, 0.6) is 0 Å². The van der Waals surface area contributed by atoms with Gasteiger partial charge in [0.1, 0.15) is 23.7 Å². The van der Waals surface area contributed by atoms with Gasteiger partial charge >= 0.3 is 12.2 Å². The maximum atomic E-state index is 13.6. The second-order valence-corrected chi connectivity index (χ2v) is 15.9. The fourth-order valence-corrected chi connectivity index (χ4v) is 8.93. The lowest BCUT2D eigenvalue weighted by Gasteiger charge is -2.30. The maximum absolute atomic E-state index is 13.6. The number of fused-ring (bicyclic) bond motifs is 3. The number of nitrogens with zero attached hydrogens (tertiary/aromatic N) is 4. The van der Waals surface area contributed by atoms with Crippen molar-refractivity contribution in [2.75, 3.05) is 20.2 Å². The molecule has 15 heteroatoms. The third-order valence-corrected chi connectivity index (χ3v) is 11.7. The number of imidazole rings is 2. The highest BCUT2D eigenvalue weighted by Gasteiger charge is 2.39. The molecule has 0 radical (unpaired) electrons. The molecule has 0 saturated carbocycles. The summed E-state index contributed by atoms with van der Waals surface area (Å²) >= 11 is 1.70. The number of methoxy groups -OCH3 is 1. The predicted molar refractivity (Wildman–Crippen MR) is 206 cm³/mol. The third kappa shape index (κ3) is 7.11. The van der Waals surface area contributed by atoms with Crippen LogP contribution < -0.4 is 10.6 Å². The monoisotopic (exact) mass is 754 g/mol. The molecule has 4 unspecified atom stereocenters. The van der Waals surface area contributed by atoms with Crippen LogP contribution in [0.1, 0.15) is 77.1 Å². The van der Waals surface area contributed by atoms with Gasteiger partial charge in [-0.3, -0.25) is 9.59 Å². The number of benzene rings is 2. The van der Waals surface area contributed by atoms with Gasteiger partial charge in [0.15, 0.2) is 0 Å². The van der Waals surface area contributed by atoms with Crippen LogP contribution in [0.2, 0.25) is 0 Å². The van der Waals surface area contributed by atoms with Gasteiger partial charge in [-0.2, -0.15) is 0 Å². The van der Waals surface area contributed by atoms with E-state index in [1.54, 1.807) is 22.4 Å². The molecule has 0 bridgehead atoms. The number of thiophene rings is 1. The molecular weight excluding hydrogens is 709 g/mol. The topological polar surface area (TPSA) is 186 Å². The van der Waals surface area contributed by atoms with Gasteiger partial charge in [0.05, 0.1) is 43.0 Å². The van der Waals surface area contributed by atoms with Gasteiger partial charge in [-0.25, -0.2) is 19.6 Å². The van der Waals surface area contributed by atoms with Crippen molar-refractivity contribution in [3.63, 3.8) is 0 Å². The summed E-state index contributed by atoms with van der Waals surface area (Å²) in [5.74, 6) is 0.736. The van der Waals surface area contributed by atoms with Crippen molar-refractivity contribution in [1.29, 1.82) is 0 Å². The Morgan fingerprint density at radius 3 is 1.67 bits per heavy atom. The summed E-state index contributed by atoms with van der Waals surface area (Å²) in [5.41, 5.74) is 3.68. The van der Waals surface area contributed by atoms with Crippen LogP contribution in [-0.2, 0) is 14.3 Å². The summed E-state index contributed by atoms with van der Waals surface area (Å²) in [5, 5.41) is 16.7. The van der Waals surface area contributed by atoms with Crippen LogP contribution in [-0.4, -0.2) is 91.1 Å². The average molecular weight is 755 g/mol. The predicted octanol–water partition coefficient (Wildman–Crippen LogP) is 6.83. The van der Waals surface area contributed by atoms with Crippen LogP contribution >= 0.6 is 11.3 Å². The number of carbonyl (C=O) groups excluding carboxylic acids is 3. The zero-order valence-electron chi connectivity index (χ0n) is 31.0. The minimum atomic E-state index is -1.21. The number of rotatable bonds is 10. The quantitative estimate of drug-likeness (QED) is 0.103. The Morgan fingerprint density at radius 2 is 1.24 bits per heavy atom. The van der Waals surface area contributed by atoms with Gasteiger partial charge in [0.2, 0.25) is 11.8 Å². The second kappa shape index (κ2) is 15.1. The first kappa shape index (κ1) is 36.9. The molecule has 4 atom stereocenters. The lowest BCUT2D eigenvalue weighted by atomic mass is 10.0. The number of ether oxygens (including phenoxy) is 1. The van der Waals surface area contributed by atoms with E-state index in [1.807, 2.05) is 38.8 Å². The minimum absolute atomic E-state index is 0.111. The van der Waals surface area contributed by atoms with Gasteiger partial charge in [-0.1, -0.05) is 52.0 Å². The number of likely N-dealkylation sites (tertiary alicyclic amines) is 2. The zero-order valence-corrected chi connectivity index (χ0v) is 31.8. The summed E-state index contributed by atoms with van der Waals surface area (Å²) in [7, 11) is 1.29. The summed E-state index contributed by atoms with van der Waals surface area (Å²) in [6, 6.07) is 10.7. The van der Waals surface area contributed by atoms with Crippen molar-refractivity contribution in [2.45, 2.75) is 77.5 Å². The Morgan fingerprint density at radius 1 is 0.778 bits per heavy atom. The third-order valence-electron chi connectivity index (χ3n) is 10.6. The standard InChI is InChI=1S/C39H46N8O6S/c1-20(2)32(44-38(50)51)36(48)46-14-6-8-28(46)34-40-18-26(42-34)22-10-12-24-25-13-11-23(17-31(25)54-30(24)16-22)27-19-41-35(43-27)29-9-7-15-47(29)37(49)33(21(3)4)45-39(52)53-5/h10-13,16-21,28-29,32-33,44H,6-9,14-15H2,1-5H3,(H,40,42)(H,41,43)(H,45,52)(H,50,51). The highest BCUT2D eigenvalue weighted by molar-refractivity contribution is 7.25. The molecule has 2 aliphatic heterocycles. The van der Waals surface area contributed by atoms with E-state index in [0.717, 1.165) is 74.2 Å². The van der Waals surface area contributed by atoms with E-state index in [9.17, 15) is 24.3 Å². The van der Waals surface area contributed by atoms with Gasteiger partial charge in [-0.15, -0.1) is 11.3 Å². The number of carboxylic acid groups (broad SMARTS) is 1. The Balaban J connectivity index is 1.09. The van der Waals surface area contributed by atoms with Gasteiger partial charge in [-0.05, 0) is 49.7 Å². The normalized spacial score (nSPS) is 18.5. The number of aromatic amines is 2. The fourth-order valence-electron chi connectivity index (χ4n) is 7.75. The van der Waals surface area contributed by atoms with Crippen LogP contribution in [0.4, 0.5) is 9.59 Å². The SMILES string of the molecule is COC(=O)NC(C(=O)N1CCCC1c1ncc(-c2ccc3c(c2)sc2cc(-c4cnc(C5CCCN5C(=O)C(NC(=O)O)C(C)C)[nH]4)ccc23)[nH]1)C(C)C. The molecule has 54 heavy (non-hydrogen) atoms. The van der Waals surface area contributed by atoms with Crippen molar-refractivity contribution in [3.05, 3.63) is 60.4 Å². The Bertz CT molecular complexity index is 2210. The number of aromatic nitrogens is 4. The molecule has 2 aliphatic rings. The zero-order chi connectivity index (χ0) is 38.3. The van der Waals surface area contributed by atoms with E-state index in [0.29, 0.717) is 18.9 Å². The van der Waals surface area contributed by atoms with Crippen LogP contribution in [0.15, 0.2) is 48.8 Å². The molecule has 5 N–H and O–H groups in total. The van der Waals surface area contributed by atoms with Gasteiger partial charge < -0.3 is 40.2 Å². The molecular formula is C39H46N8O6S. The van der Waals surface area contributed by atoms with Crippen molar-refractivity contribution in [2.24, 2.45) is 11.8 Å². The smallest absolute Gasteiger partial charge is 0.407 e. The van der Waals surface area contributed by atoms with E-state index >= 15 is 0 Å². The van der Waals surface area contributed by atoms with E-state index in [1.165, 1.54) is 7.11 Å². The first-order chi connectivity index (χ1) is 25.9. The number of carbonyl (C=O) groups is 4. The molecule has 0 spiro atoms. The lowest BCUT2D eigenvalue weighted by Crippen LogP contribution is -2.51. The number of nitrogens with one attached hydrogen (secondary N) is 4. The van der Waals surface area contributed by atoms with E-state index in [-0.39, 0.29) is 35.7 Å². The second-order valence-electron chi connectivity index (χ2n) is 14.8. The Kier molecular flexibility index (Phi) is 10.3. The first-order valence-corrected chi connectivity index (χ1v) is 19.3. The van der Waals surface area contributed by atoms with Crippen molar-refractivity contribution in [1.82, 2.24) is 40.4 Å². The highest BCUT2D eigenvalue weighted by Crippen LogP contribution is 2.39. The lowest BCUT2D eigenvalue weighted by molar-refractivity contribution is -0.136. The van der Waals surface area contributed by atoms with Gasteiger partial charge in [0, 0.05) is 44.4 Å². The van der Waals surface area contributed by atoms with Gasteiger partial charge in [0.25, 0.3) is 0 Å². The fraction of sp³-hybridized carbons (Fsp3) is 0.436. The summed E-state index contributed by atoms with van der Waals surface area (Å²) in [6.07, 6.45) is 4.95. The van der Waals surface area contributed by atoms with E-state index in [2.05, 4.69) is 62.0 Å². The number of amides is 4. The number of hydrogen-bond donors (Lipinski definition) is 5. The van der Waals surface area contributed by atoms with Crippen LogP contribution in [0.3, 0.4) is 0 Å². The Hall–Kier alpha value is -5.44. The van der Waals surface area contributed by atoms with E-state index < -0.39 is 24.3 Å². The summed E-state index contributed by atoms with van der Waals surface area (Å²) in [6.45, 7) is 8.60. The maximum Gasteiger partial charge on any atom is 0.407 e. The number of hydrogen-bond acceptors (Lipinski definition) is 8. The number of H-pyrrole nitrogens is 2. The van der Waals surface area contributed by atoms with Crippen molar-refractivity contribution >= 4 is 55.5 Å². The number of alkyl carbamates (subject to hydrolysis) is 1. The van der Waals surface area contributed by atoms with Crippen LogP contribution in [0, 0.1) is 11.8 Å². The summed E-state index contributed by atoms with van der Waals surface area (Å²) in [4.78, 5) is 70.3. The Labute approximate surface area is 316 Å². The highest BCUT2D eigenvalue weighted by atomic mass is 32.1. The molecule has 7 rings (SSSR count). The summed E-state index contributed by atoms with van der Waals surface area (Å²) < 4.78 is 7.01. The van der Waals surface area contributed by atoms with Crippen molar-refractivity contribution in [3.8, 4) is 22.5 Å². The van der Waals surface area contributed by atoms with E-state index in [4.69, 9.17) is 9.72 Å². The molecule has 4 amide bonds. The first-order valence-electron chi connectivity index (χ1n) is 18.4. The average Bonchev–Trinajstić information content (AvgIpc) is 4.00. The minimum Gasteiger partial charge on any atom is -0.465 e. The molecule has 0 aliphatic carbocycles. The van der Waals surface area contributed by atoms with Crippen molar-refractivity contribution < 1.29 is 29.0 Å². The molecule has 5 aromatic rings. The molecule has 2 aromatic carbocycles. The molecule has 2 fully saturated rings. The molecule has 284 valence electrons. The molecule has 2 saturated heterocycles. The molecule has 14 nitrogen and oxygen atoms in total. The molecule has 5 heterocycles. The largest absolute Gasteiger partial charge is 0.465 e.